The molecule has 0 saturated carbocycles. The van der Waals surface area contributed by atoms with Crippen LogP contribution in [0.4, 0.5) is 5.69 Å². The SMILES string of the molecule is CCC1(CC)CCN(c2ccc(CNC)cc2)CC1. The van der Waals surface area contributed by atoms with Crippen LogP contribution in [0.5, 0.6) is 0 Å². The molecule has 1 saturated heterocycles. The molecule has 0 radical (unpaired) electrons. The highest BCUT2D eigenvalue weighted by Gasteiger charge is 2.31. The van der Waals surface area contributed by atoms with Gasteiger partial charge in [0.2, 0.25) is 0 Å². The van der Waals surface area contributed by atoms with Crippen molar-refractivity contribution < 1.29 is 0 Å². The second kappa shape index (κ2) is 6.42. The molecule has 0 amide bonds. The number of benzene rings is 1. The number of hydrogen-bond acceptors (Lipinski definition) is 2. The monoisotopic (exact) mass is 260 g/mol. The Morgan fingerprint density at radius 3 is 2.11 bits per heavy atom. The van der Waals surface area contributed by atoms with Gasteiger partial charge in [-0.05, 0) is 43.0 Å². The molecule has 0 spiro atoms. The van der Waals surface area contributed by atoms with E-state index in [-0.39, 0.29) is 0 Å². The van der Waals surface area contributed by atoms with E-state index in [1.54, 1.807) is 0 Å². The summed E-state index contributed by atoms with van der Waals surface area (Å²) >= 11 is 0. The minimum atomic E-state index is 0.614. The standard InChI is InChI=1S/C17H28N2/c1-4-17(5-2)10-12-19(13-11-17)16-8-6-15(7-9-16)14-18-3/h6-9,18H,4-5,10-14H2,1-3H3. The highest BCUT2D eigenvalue weighted by molar-refractivity contribution is 5.48. The molecule has 1 fully saturated rings. The summed E-state index contributed by atoms with van der Waals surface area (Å²) in [5.41, 5.74) is 3.36. The van der Waals surface area contributed by atoms with Crippen LogP contribution in [0.15, 0.2) is 24.3 Å². The number of nitrogens with one attached hydrogen (secondary N) is 1. The molecule has 0 aliphatic carbocycles. The lowest BCUT2D eigenvalue weighted by molar-refractivity contribution is 0.199. The summed E-state index contributed by atoms with van der Waals surface area (Å²) in [6, 6.07) is 9.04. The average Bonchev–Trinajstić information content (AvgIpc) is 2.49. The summed E-state index contributed by atoms with van der Waals surface area (Å²) < 4.78 is 0. The Morgan fingerprint density at radius 2 is 1.63 bits per heavy atom. The Morgan fingerprint density at radius 1 is 1.05 bits per heavy atom. The fraction of sp³-hybridized carbons (Fsp3) is 0.647. The Labute approximate surface area is 118 Å². The van der Waals surface area contributed by atoms with Gasteiger partial charge in [-0.15, -0.1) is 0 Å². The number of anilines is 1. The van der Waals surface area contributed by atoms with Crippen LogP contribution < -0.4 is 10.2 Å². The molecule has 1 aliphatic rings. The lowest BCUT2D eigenvalue weighted by atomic mass is 9.74. The molecule has 106 valence electrons. The summed E-state index contributed by atoms with van der Waals surface area (Å²) in [5.74, 6) is 0. The first-order valence-corrected chi connectivity index (χ1v) is 7.71. The minimum Gasteiger partial charge on any atom is -0.371 e. The van der Waals surface area contributed by atoms with Crippen LogP contribution in [0.2, 0.25) is 0 Å². The van der Waals surface area contributed by atoms with Crippen molar-refractivity contribution in [3.8, 4) is 0 Å². The zero-order chi connectivity index (χ0) is 13.7. The van der Waals surface area contributed by atoms with E-state index < -0.39 is 0 Å². The molecule has 1 aliphatic heterocycles. The first-order valence-electron chi connectivity index (χ1n) is 7.71. The van der Waals surface area contributed by atoms with Gasteiger partial charge in [0.25, 0.3) is 0 Å². The third-order valence-electron chi connectivity index (χ3n) is 5.01. The molecule has 2 heteroatoms. The van der Waals surface area contributed by atoms with Gasteiger partial charge in [-0.25, -0.2) is 0 Å². The van der Waals surface area contributed by atoms with Gasteiger partial charge in [0, 0.05) is 25.3 Å². The molecule has 0 bridgehead atoms. The first kappa shape index (κ1) is 14.4. The molecule has 0 unspecified atom stereocenters. The van der Waals surface area contributed by atoms with Crippen LogP contribution in [-0.2, 0) is 6.54 Å². The van der Waals surface area contributed by atoms with Crippen LogP contribution in [0.3, 0.4) is 0 Å². The van der Waals surface area contributed by atoms with E-state index >= 15 is 0 Å². The first-order chi connectivity index (χ1) is 9.23. The van der Waals surface area contributed by atoms with E-state index in [0.29, 0.717) is 5.41 Å². The highest BCUT2D eigenvalue weighted by Crippen LogP contribution is 2.39. The number of nitrogens with zero attached hydrogens (tertiary/aromatic N) is 1. The predicted octanol–water partition coefficient (Wildman–Crippen LogP) is 3.81. The van der Waals surface area contributed by atoms with Gasteiger partial charge < -0.3 is 10.2 Å². The second-order valence-electron chi connectivity index (χ2n) is 5.89. The zero-order valence-corrected chi connectivity index (χ0v) is 12.7. The minimum absolute atomic E-state index is 0.614. The molecule has 2 nitrogen and oxygen atoms in total. The number of rotatable bonds is 5. The topological polar surface area (TPSA) is 15.3 Å². The molecule has 0 atom stereocenters. The summed E-state index contributed by atoms with van der Waals surface area (Å²) in [7, 11) is 1.99. The molecular weight excluding hydrogens is 232 g/mol. The number of piperidine rings is 1. The Hall–Kier alpha value is -1.02. The Kier molecular flexibility index (Phi) is 4.87. The molecule has 1 N–H and O–H groups in total. The summed E-state index contributed by atoms with van der Waals surface area (Å²) in [6.45, 7) is 8.09. The maximum Gasteiger partial charge on any atom is 0.0366 e. The predicted molar refractivity (Wildman–Crippen MR) is 83.7 cm³/mol. The van der Waals surface area contributed by atoms with Gasteiger partial charge in [-0.1, -0.05) is 38.8 Å². The van der Waals surface area contributed by atoms with Crippen molar-refractivity contribution in [2.24, 2.45) is 5.41 Å². The van der Waals surface area contributed by atoms with Crippen LogP contribution in [0.25, 0.3) is 0 Å². The van der Waals surface area contributed by atoms with Crippen LogP contribution in [-0.4, -0.2) is 20.1 Å². The Balaban J connectivity index is 1.97. The molecule has 0 aromatic heterocycles. The lowest BCUT2D eigenvalue weighted by Gasteiger charge is -2.42. The molecule has 1 aromatic carbocycles. The summed E-state index contributed by atoms with van der Waals surface area (Å²) in [4.78, 5) is 2.55. The average molecular weight is 260 g/mol. The van der Waals surface area contributed by atoms with Crippen molar-refractivity contribution in [1.29, 1.82) is 0 Å². The second-order valence-corrected chi connectivity index (χ2v) is 5.89. The van der Waals surface area contributed by atoms with Gasteiger partial charge in [-0.2, -0.15) is 0 Å². The molecular formula is C17H28N2. The fourth-order valence-electron chi connectivity index (χ4n) is 3.23. The molecule has 1 heterocycles. The van der Waals surface area contributed by atoms with Gasteiger partial charge in [-0.3, -0.25) is 0 Å². The van der Waals surface area contributed by atoms with Crippen molar-refractivity contribution in [2.45, 2.75) is 46.1 Å². The maximum atomic E-state index is 3.20. The van der Waals surface area contributed by atoms with E-state index in [9.17, 15) is 0 Å². The van der Waals surface area contributed by atoms with Crippen molar-refractivity contribution in [1.82, 2.24) is 5.32 Å². The van der Waals surface area contributed by atoms with E-state index in [2.05, 4.69) is 48.3 Å². The van der Waals surface area contributed by atoms with Crippen LogP contribution in [0, 0.1) is 5.41 Å². The van der Waals surface area contributed by atoms with Crippen molar-refractivity contribution in [3.05, 3.63) is 29.8 Å². The highest BCUT2D eigenvalue weighted by atomic mass is 15.1. The molecule has 2 rings (SSSR count). The normalized spacial score (nSPS) is 18.6. The van der Waals surface area contributed by atoms with Crippen molar-refractivity contribution >= 4 is 5.69 Å². The molecule has 19 heavy (non-hydrogen) atoms. The van der Waals surface area contributed by atoms with Crippen LogP contribution in [0.1, 0.15) is 45.1 Å². The quantitative estimate of drug-likeness (QED) is 0.866. The maximum absolute atomic E-state index is 3.20. The zero-order valence-electron chi connectivity index (χ0n) is 12.7. The Bertz CT molecular complexity index is 369. The van der Waals surface area contributed by atoms with E-state index in [1.807, 2.05) is 7.05 Å². The van der Waals surface area contributed by atoms with E-state index in [4.69, 9.17) is 0 Å². The van der Waals surface area contributed by atoms with E-state index in [1.165, 1.54) is 50.0 Å². The smallest absolute Gasteiger partial charge is 0.0366 e. The number of hydrogen-bond donors (Lipinski definition) is 1. The van der Waals surface area contributed by atoms with Gasteiger partial charge in [0.05, 0.1) is 0 Å². The fourth-order valence-corrected chi connectivity index (χ4v) is 3.23. The van der Waals surface area contributed by atoms with Crippen LogP contribution >= 0.6 is 0 Å². The largest absolute Gasteiger partial charge is 0.371 e. The van der Waals surface area contributed by atoms with Crippen molar-refractivity contribution in [3.63, 3.8) is 0 Å². The lowest BCUT2D eigenvalue weighted by Crippen LogP contribution is -2.39. The summed E-state index contributed by atoms with van der Waals surface area (Å²) in [5, 5.41) is 3.20. The molecule has 1 aromatic rings. The van der Waals surface area contributed by atoms with Gasteiger partial charge in [0.15, 0.2) is 0 Å². The van der Waals surface area contributed by atoms with Crippen molar-refractivity contribution in [2.75, 3.05) is 25.0 Å². The van der Waals surface area contributed by atoms with E-state index in [0.717, 1.165) is 6.54 Å². The van der Waals surface area contributed by atoms with Gasteiger partial charge >= 0.3 is 0 Å². The third kappa shape index (κ3) is 3.30. The summed E-state index contributed by atoms with van der Waals surface area (Å²) in [6.07, 6.45) is 5.35. The van der Waals surface area contributed by atoms with Gasteiger partial charge in [0.1, 0.15) is 0 Å². The third-order valence-corrected chi connectivity index (χ3v) is 5.01.